The molecule has 0 bridgehead atoms. The predicted octanol–water partition coefficient (Wildman–Crippen LogP) is 5.01. The molecule has 2 aromatic rings. The molecule has 0 saturated heterocycles. The maximum absolute atomic E-state index is 12.7. The van der Waals surface area contributed by atoms with Gasteiger partial charge in [-0.1, -0.05) is 19.8 Å². The maximum atomic E-state index is 12.7. The maximum Gasteiger partial charge on any atom is 0.416 e. The fourth-order valence-electron chi connectivity index (χ4n) is 2.39. The molecule has 4 nitrogen and oxygen atoms in total. The lowest BCUT2D eigenvalue weighted by Crippen LogP contribution is -2.27. The first-order valence-electron chi connectivity index (χ1n) is 8.39. The minimum absolute atomic E-state index is 0.358. The highest BCUT2D eigenvalue weighted by molar-refractivity contribution is 7.09. The van der Waals surface area contributed by atoms with Gasteiger partial charge in [-0.3, -0.25) is 4.57 Å². The van der Waals surface area contributed by atoms with Gasteiger partial charge in [-0.2, -0.15) is 18.2 Å². The van der Waals surface area contributed by atoms with E-state index < -0.39 is 11.7 Å². The third kappa shape index (κ3) is 5.20. The average molecular weight is 385 g/mol. The zero-order valence-corrected chi connectivity index (χ0v) is 15.8. The van der Waals surface area contributed by atoms with Gasteiger partial charge >= 0.3 is 12.2 Å². The van der Waals surface area contributed by atoms with Crippen molar-refractivity contribution in [3.63, 3.8) is 0 Å². The number of rotatable bonds is 5. The third-order valence-corrected chi connectivity index (χ3v) is 4.75. The van der Waals surface area contributed by atoms with Crippen LogP contribution in [0.2, 0.25) is 0 Å². The highest BCUT2D eigenvalue weighted by Gasteiger charge is 2.30. The van der Waals surface area contributed by atoms with E-state index in [1.54, 1.807) is 22.7 Å². The van der Waals surface area contributed by atoms with Crippen LogP contribution in [0, 0.1) is 6.92 Å². The van der Waals surface area contributed by atoms with Crippen molar-refractivity contribution >= 4 is 17.4 Å². The minimum atomic E-state index is -4.38. The van der Waals surface area contributed by atoms with E-state index in [-0.39, 0.29) is 6.03 Å². The van der Waals surface area contributed by atoms with E-state index in [0.29, 0.717) is 17.0 Å². The first-order valence-corrected chi connectivity index (χ1v) is 9.20. The van der Waals surface area contributed by atoms with E-state index in [1.807, 2.05) is 6.92 Å². The lowest BCUT2D eigenvalue weighted by molar-refractivity contribution is -0.137. The van der Waals surface area contributed by atoms with Crippen molar-refractivity contribution in [2.75, 3.05) is 13.6 Å². The molecule has 2 amide bonds. The second-order valence-corrected chi connectivity index (χ2v) is 7.28. The summed E-state index contributed by atoms with van der Waals surface area (Å²) in [5.41, 5.74) is -0.179. The molecule has 0 radical (unpaired) electrons. The number of thiazole rings is 1. The Kier molecular flexibility index (Phi) is 6.63. The Labute approximate surface area is 154 Å². The van der Waals surface area contributed by atoms with Crippen LogP contribution in [0.3, 0.4) is 0 Å². The van der Waals surface area contributed by atoms with E-state index in [4.69, 9.17) is 0 Å². The average Bonchev–Trinajstić information content (AvgIpc) is 2.94. The van der Waals surface area contributed by atoms with Crippen molar-refractivity contribution in [2.24, 2.45) is 4.99 Å². The number of hydrogen-bond acceptors (Lipinski definition) is 2. The molecule has 8 heteroatoms. The number of aryl methyl sites for hydroxylation is 1. The predicted molar refractivity (Wildman–Crippen MR) is 96.5 cm³/mol. The van der Waals surface area contributed by atoms with E-state index in [2.05, 4.69) is 11.9 Å². The summed E-state index contributed by atoms with van der Waals surface area (Å²) in [6.45, 7) is 4.58. The molecule has 0 aliphatic carbocycles. The molecule has 1 heterocycles. The summed E-state index contributed by atoms with van der Waals surface area (Å²) in [5.74, 6) is 0. The number of aromatic nitrogens is 1. The minimum Gasteiger partial charge on any atom is -0.326 e. The summed E-state index contributed by atoms with van der Waals surface area (Å²) in [5, 5.41) is 0. The van der Waals surface area contributed by atoms with Crippen LogP contribution in [0.25, 0.3) is 5.69 Å². The standard InChI is InChI=1S/C18H22F3N3OS/c1-4-5-6-11-23(3)16(25)22-17-24(12-13(2)26-17)15-9-7-14(8-10-15)18(19,20)21/h7-10,12H,4-6,11H2,1-3H3/b22-17-. The Morgan fingerprint density at radius 3 is 2.46 bits per heavy atom. The monoisotopic (exact) mass is 385 g/mol. The number of amides is 2. The number of unbranched alkanes of at least 4 members (excludes halogenated alkanes) is 2. The summed E-state index contributed by atoms with van der Waals surface area (Å²) in [6.07, 6.45) is 0.406. The van der Waals surface area contributed by atoms with Crippen molar-refractivity contribution in [3.05, 3.63) is 45.7 Å². The van der Waals surface area contributed by atoms with Crippen LogP contribution < -0.4 is 4.80 Å². The number of alkyl halides is 3. The van der Waals surface area contributed by atoms with Crippen LogP contribution in [-0.4, -0.2) is 29.1 Å². The number of urea groups is 1. The van der Waals surface area contributed by atoms with Gasteiger partial charge in [-0.05, 0) is 37.6 Å². The molecule has 2 rings (SSSR count). The van der Waals surface area contributed by atoms with Gasteiger partial charge in [0, 0.05) is 30.4 Å². The van der Waals surface area contributed by atoms with Crippen molar-refractivity contribution in [3.8, 4) is 5.69 Å². The molecule has 0 N–H and O–H groups in total. The molecule has 0 unspecified atom stereocenters. The van der Waals surface area contributed by atoms with E-state index in [1.165, 1.54) is 23.5 Å². The fraction of sp³-hybridized carbons (Fsp3) is 0.444. The zero-order valence-electron chi connectivity index (χ0n) is 15.0. The molecule has 26 heavy (non-hydrogen) atoms. The van der Waals surface area contributed by atoms with E-state index >= 15 is 0 Å². The summed E-state index contributed by atoms with van der Waals surface area (Å²) in [7, 11) is 1.70. The van der Waals surface area contributed by atoms with Crippen LogP contribution in [0.15, 0.2) is 35.5 Å². The summed E-state index contributed by atoms with van der Waals surface area (Å²) >= 11 is 1.32. The summed E-state index contributed by atoms with van der Waals surface area (Å²) in [4.78, 5) is 19.3. The van der Waals surface area contributed by atoms with Gasteiger partial charge < -0.3 is 4.90 Å². The molecule has 1 aromatic heterocycles. The smallest absolute Gasteiger partial charge is 0.326 e. The van der Waals surface area contributed by atoms with Gasteiger partial charge in [0.1, 0.15) is 0 Å². The van der Waals surface area contributed by atoms with Crippen LogP contribution in [-0.2, 0) is 6.18 Å². The fourth-order valence-corrected chi connectivity index (χ4v) is 3.22. The third-order valence-electron chi connectivity index (χ3n) is 3.86. The highest BCUT2D eigenvalue weighted by Crippen LogP contribution is 2.29. The van der Waals surface area contributed by atoms with Gasteiger partial charge in [-0.15, -0.1) is 11.3 Å². The van der Waals surface area contributed by atoms with Crippen molar-refractivity contribution in [1.29, 1.82) is 0 Å². The number of hydrogen-bond donors (Lipinski definition) is 0. The van der Waals surface area contributed by atoms with Gasteiger partial charge in [-0.25, -0.2) is 4.79 Å². The molecule has 0 saturated carbocycles. The van der Waals surface area contributed by atoms with Crippen LogP contribution in [0.5, 0.6) is 0 Å². The summed E-state index contributed by atoms with van der Waals surface area (Å²) in [6, 6.07) is 4.45. The molecule has 0 atom stereocenters. The largest absolute Gasteiger partial charge is 0.416 e. The van der Waals surface area contributed by atoms with Crippen LogP contribution >= 0.6 is 11.3 Å². The topological polar surface area (TPSA) is 37.6 Å². The molecular weight excluding hydrogens is 363 g/mol. The molecule has 1 aromatic carbocycles. The molecule has 0 spiro atoms. The number of nitrogens with zero attached hydrogens (tertiary/aromatic N) is 3. The second kappa shape index (κ2) is 8.53. The Hall–Kier alpha value is -2.09. The normalized spacial score (nSPS) is 12.5. The van der Waals surface area contributed by atoms with E-state index in [0.717, 1.165) is 36.3 Å². The number of carbonyl (C=O) groups excluding carboxylic acids is 1. The molecule has 0 fully saturated rings. The molecule has 0 aliphatic rings. The number of halogens is 3. The Morgan fingerprint density at radius 1 is 1.23 bits per heavy atom. The Bertz CT molecular complexity index is 806. The van der Waals surface area contributed by atoms with Gasteiger partial charge in [0.25, 0.3) is 0 Å². The number of benzene rings is 1. The quantitative estimate of drug-likeness (QED) is 0.667. The Balaban J connectivity index is 2.28. The van der Waals surface area contributed by atoms with Crippen molar-refractivity contribution in [1.82, 2.24) is 9.47 Å². The van der Waals surface area contributed by atoms with E-state index in [9.17, 15) is 18.0 Å². The van der Waals surface area contributed by atoms with Gasteiger partial charge in [0.2, 0.25) is 0 Å². The second-order valence-electron chi connectivity index (χ2n) is 6.06. The first kappa shape index (κ1) is 20.2. The van der Waals surface area contributed by atoms with Crippen molar-refractivity contribution < 1.29 is 18.0 Å². The zero-order chi connectivity index (χ0) is 19.3. The highest BCUT2D eigenvalue weighted by atomic mass is 32.1. The molecule has 0 aliphatic heterocycles. The molecular formula is C18H22F3N3OS. The van der Waals surface area contributed by atoms with Gasteiger partial charge in [0.05, 0.1) is 5.56 Å². The van der Waals surface area contributed by atoms with Crippen LogP contribution in [0.4, 0.5) is 18.0 Å². The Morgan fingerprint density at radius 2 is 1.88 bits per heavy atom. The van der Waals surface area contributed by atoms with Crippen molar-refractivity contribution in [2.45, 2.75) is 39.3 Å². The first-order chi connectivity index (χ1) is 12.2. The lowest BCUT2D eigenvalue weighted by atomic mass is 10.2. The summed E-state index contributed by atoms with van der Waals surface area (Å²) < 4.78 is 39.8. The SMILES string of the molecule is CCCCCN(C)C(=O)/N=c1\sc(C)cn1-c1ccc(C(F)(F)F)cc1. The van der Waals surface area contributed by atoms with Gasteiger partial charge in [0.15, 0.2) is 4.80 Å². The lowest BCUT2D eigenvalue weighted by Gasteiger charge is -2.13. The number of carbonyl (C=O) groups is 1. The van der Waals surface area contributed by atoms with Crippen LogP contribution in [0.1, 0.15) is 36.6 Å². The molecule has 142 valence electrons.